The topological polar surface area (TPSA) is 63.0 Å². The van der Waals surface area contributed by atoms with Gasteiger partial charge in [0.25, 0.3) is 5.91 Å². The van der Waals surface area contributed by atoms with Crippen LogP contribution < -0.4 is 4.74 Å². The Morgan fingerprint density at radius 3 is 2.76 bits per heavy atom. The number of hydrogen-bond acceptors (Lipinski definition) is 5. The van der Waals surface area contributed by atoms with Crippen LogP contribution >= 0.6 is 11.3 Å². The van der Waals surface area contributed by atoms with Gasteiger partial charge in [0.15, 0.2) is 5.76 Å². The Morgan fingerprint density at radius 2 is 2.06 bits per heavy atom. The molecule has 2 amide bonds. The van der Waals surface area contributed by atoms with Crippen molar-refractivity contribution in [3.05, 3.63) is 76.1 Å². The summed E-state index contributed by atoms with van der Waals surface area (Å²) in [6, 6.07) is 10.9. The molecule has 3 aromatic rings. The van der Waals surface area contributed by atoms with E-state index in [0.717, 1.165) is 12.0 Å². The highest BCUT2D eigenvalue weighted by Crippen LogP contribution is 2.34. The van der Waals surface area contributed by atoms with Crippen molar-refractivity contribution in [1.82, 2.24) is 9.80 Å². The normalized spacial score (nSPS) is 15.8. The van der Waals surface area contributed by atoms with E-state index >= 15 is 0 Å². The van der Waals surface area contributed by atoms with Crippen molar-refractivity contribution in [1.29, 1.82) is 0 Å². The minimum atomic E-state index is -0.587. The highest BCUT2D eigenvalue weighted by molar-refractivity contribution is 7.10. The molecule has 0 saturated heterocycles. The van der Waals surface area contributed by atoms with Gasteiger partial charge in [0, 0.05) is 23.0 Å². The first-order valence-corrected chi connectivity index (χ1v) is 11.7. The number of thiophene rings is 1. The molecule has 0 bridgehead atoms. The minimum absolute atomic E-state index is 0.0844. The van der Waals surface area contributed by atoms with Crippen LogP contribution in [0.2, 0.25) is 0 Å². The Morgan fingerprint density at radius 1 is 1.24 bits per heavy atom. The van der Waals surface area contributed by atoms with Gasteiger partial charge in [-0.25, -0.2) is 4.39 Å². The molecule has 1 atom stereocenters. The number of benzene rings is 1. The van der Waals surface area contributed by atoms with Crippen LogP contribution in [-0.2, 0) is 11.2 Å². The zero-order valence-electron chi connectivity index (χ0n) is 18.9. The fraction of sp³-hybridized carbons (Fsp3) is 0.360. The molecule has 2 aromatic heterocycles. The molecule has 6 nitrogen and oxygen atoms in total. The van der Waals surface area contributed by atoms with E-state index in [-0.39, 0.29) is 42.6 Å². The lowest BCUT2D eigenvalue weighted by molar-refractivity contribution is -0.136. The van der Waals surface area contributed by atoms with E-state index in [1.807, 2.05) is 32.2 Å². The zero-order valence-corrected chi connectivity index (χ0v) is 19.7. The van der Waals surface area contributed by atoms with Crippen molar-refractivity contribution >= 4 is 23.2 Å². The van der Waals surface area contributed by atoms with Crippen molar-refractivity contribution in [2.24, 2.45) is 0 Å². The third-order valence-electron chi connectivity index (χ3n) is 5.70. The van der Waals surface area contributed by atoms with E-state index in [2.05, 4.69) is 0 Å². The number of nitrogens with zero attached hydrogens (tertiary/aromatic N) is 2. The van der Waals surface area contributed by atoms with Gasteiger partial charge in [-0.15, -0.1) is 11.3 Å². The summed E-state index contributed by atoms with van der Waals surface area (Å²) in [5, 5.41) is 2.01. The number of fused-ring (bicyclic) bond motifs is 1. The average molecular weight is 471 g/mol. The van der Waals surface area contributed by atoms with Crippen LogP contribution in [0.15, 0.2) is 58.5 Å². The number of hydrogen-bond donors (Lipinski definition) is 0. The van der Waals surface area contributed by atoms with Gasteiger partial charge in [-0.2, -0.15) is 0 Å². The van der Waals surface area contributed by atoms with Crippen molar-refractivity contribution in [2.75, 3.05) is 19.7 Å². The van der Waals surface area contributed by atoms with Gasteiger partial charge in [-0.3, -0.25) is 9.59 Å². The average Bonchev–Trinajstić information content (AvgIpc) is 3.46. The van der Waals surface area contributed by atoms with Gasteiger partial charge < -0.3 is 19.0 Å². The molecule has 3 heterocycles. The summed E-state index contributed by atoms with van der Waals surface area (Å²) < 4.78 is 24.8. The molecule has 0 aliphatic carbocycles. The monoisotopic (exact) mass is 470 g/mol. The van der Waals surface area contributed by atoms with Crippen LogP contribution in [0.3, 0.4) is 0 Å². The molecule has 0 unspecified atom stereocenters. The van der Waals surface area contributed by atoms with Gasteiger partial charge in [0.2, 0.25) is 5.91 Å². The number of rotatable bonds is 6. The molecular formula is C25H27FN2O4S. The summed E-state index contributed by atoms with van der Waals surface area (Å²) >= 11 is 1.66. The molecule has 0 saturated carbocycles. The van der Waals surface area contributed by atoms with Crippen LogP contribution in [-0.4, -0.2) is 46.8 Å². The maximum atomic E-state index is 13.6. The van der Waals surface area contributed by atoms with Gasteiger partial charge in [-0.05, 0) is 68.5 Å². The third-order valence-corrected chi connectivity index (χ3v) is 6.70. The van der Waals surface area contributed by atoms with E-state index in [0.29, 0.717) is 12.3 Å². The Hall–Kier alpha value is -3.13. The second-order valence-electron chi connectivity index (χ2n) is 8.96. The number of furan rings is 1. The number of halogens is 1. The Labute approximate surface area is 196 Å². The van der Waals surface area contributed by atoms with E-state index in [9.17, 15) is 14.0 Å². The van der Waals surface area contributed by atoms with Crippen LogP contribution in [0.5, 0.6) is 5.75 Å². The van der Waals surface area contributed by atoms with Crippen molar-refractivity contribution in [3.8, 4) is 5.75 Å². The van der Waals surface area contributed by atoms with Crippen LogP contribution in [0.4, 0.5) is 4.39 Å². The molecule has 4 rings (SSSR count). The van der Waals surface area contributed by atoms with Gasteiger partial charge in [0.05, 0.1) is 12.3 Å². The second kappa shape index (κ2) is 9.39. The second-order valence-corrected chi connectivity index (χ2v) is 9.96. The SMILES string of the molecule is CC(C)(C)N(CC(=O)N1CCc2sccc2[C@@H]1COc1cccc(F)c1)C(=O)c1ccco1. The van der Waals surface area contributed by atoms with Gasteiger partial charge in [-0.1, -0.05) is 6.07 Å². The lowest BCUT2D eigenvalue weighted by Gasteiger charge is -2.40. The minimum Gasteiger partial charge on any atom is -0.491 e. The quantitative estimate of drug-likeness (QED) is 0.513. The Balaban J connectivity index is 1.55. The number of carbonyl (C=O) groups excluding carboxylic acids is 2. The first kappa shape index (κ1) is 23.0. The molecule has 8 heteroatoms. The first-order valence-electron chi connectivity index (χ1n) is 10.8. The molecule has 1 aliphatic rings. The Kier molecular flexibility index (Phi) is 6.56. The van der Waals surface area contributed by atoms with Crippen LogP contribution in [0.1, 0.15) is 47.8 Å². The predicted molar refractivity (Wildman–Crippen MR) is 124 cm³/mol. The lowest BCUT2D eigenvalue weighted by atomic mass is 9.99. The summed E-state index contributed by atoms with van der Waals surface area (Å²) in [5.41, 5.74) is 0.451. The standard InChI is InChI=1S/C25H27FN2O4S/c1-25(2,3)28(24(30)21-8-5-12-31-21)15-23(29)27-11-9-22-19(10-13-33-22)20(27)16-32-18-7-4-6-17(26)14-18/h4-8,10,12-14,20H,9,11,15-16H2,1-3H3/t20-/m0/s1. The first-order chi connectivity index (χ1) is 15.7. The molecule has 0 spiro atoms. The Bertz CT molecular complexity index is 1120. The summed E-state index contributed by atoms with van der Waals surface area (Å²) in [4.78, 5) is 31.1. The van der Waals surface area contributed by atoms with Gasteiger partial charge >= 0.3 is 0 Å². The molecule has 33 heavy (non-hydrogen) atoms. The zero-order chi connectivity index (χ0) is 23.6. The molecule has 0 N–H and O–H groups in total. The summed E-state index contributed by atoms with van der Waals surface area (Å²) in [7, 11) is 0. The van der Waals surface area contributed by atoms with Crippen LogP contribution in [0.25, 0.3) is 0 Å². The van der Waals surface area contributed by atoms with Crippen molar-refractivity contribution in [2.45, 2.75) is 38.8 Å². The number of ether oxygens (including phenoxy) is 1. The molecular weight excluding hydrogens is 443 g/mol. The highest BCUT2D eigenvalue weighted by atomic mass is 32.1. The summed E-state index contributed by atoms with van der Waals surface area (Å²) in [6.07, 6.45) is 2.19. The molecule has 1 aliphatic heterocycles. The highest BCUT2D eigenvalue weighted by Gasteiger charge is 2.36. The van der Waals surface area contributed by atoms with E-state index < -0.39 is 5.54 Å². The number of carbonyl (C=O) groups is 2. The lowest BCUT2D eigenvalue weighted by Crippen LogP contribution is -2.53. The fourth-order valence-corrected chi connectivity index (χ4v) is 4.91. The van der Waals surface area contributed by atoms with Crippen LogP contribution in [0, 0.1) is 5.82 Å². The molecule has 174 valence electrons. The summed E-state index contributed by atoms with van der Waals surface area (Å²) in [5.74, 6) is -0.273. The van der Waals surface area contributed by atoms with Crippen molar-refractivity contribution < 1.29 is 23.1 Å². The number of amides is 2. The van der Waals surface area contributed by atoms with E-state index in [1.165, 1.54) is 28.2 Å². The van der Waals surface area contributed by atoms with E-state index in [1.54, 1.807) is 40.5 Å². The molecule has 0 fully saturated rings. The third kappa shape index (κ3) is 5.11. The summed E-state index contributed by atoms with van der Waals surface area (Å²) in [6.45, 7) is 6.30. The predicted octanol–water partition coefficient (Wildman–Crippen LogP) is 4.93. The maximum Gasteiger partial charge on any atom is 0.290 e. The van der Waals surface area contributed by atoms with Gasteiger partial charge in [0.1, 0.15) is 24.7 Å². The van der Waals surface area contributed by atoms with Crippen molar-refractivity contribution in [3.63, 3.8) is 0 Å². The smallest absolute Gasteiger partial charge is 0.290 e. The van der Waals surface area contributed by atoms with E-state index in [4.69, 9.17) is 9.15 Å². The fourth-order valence-electron chi connectivity index (χ4n) is 3.98. The maximum absolute atomic E-state index is 13.6. The molecule has 1 aromatic carbocycles. The largest absolute Gasteiger partial charge is 0.491 e. The molecule has 0 radical (unpaired) electrons.